The zero-order chi connectivity index (χ0) is 12.4. The molecule has 0 saturated carbocycles. The van der Waals surface area contributed by atoms with Gasteiger partial charge in [-0.15, -0.1) is 0 Å². The number of phenols is 2. The van der Waals surface area contributed by atoms with Crippen LogP contribution in [0.15, 0.2) is 24.4 Å². The van der Waals surface area contributed by atoms with Crippen LogP contribution in [0.5, 0.6) is 11.5 Å². The molecule has 2 aromatic rings. The van der Waals surface area contributed by atoms with E-state index in [1.165, 1.54) is 18.3 Å². The Hall–Kier alpha value is -2.70. The van der Waals surface area contributed by atoms with Crippen LogP contribution in [-0.4, -0.2) is 26.3 Å². The van der Waals surface area contributed by atoms with E-state index in [0.29, 0.717) is 0 Å². The van der Waals surface area contributed by atoms with Gasteiger partial charge in [-0.1, -0.05) is 0 Å². The number of carbonyl (C=O) groups excluding carboxylic acids is 1. The molecule has 0 spiro atoms. The fourth-order valence-electron chi connectivity index (χ4n) is 1.29. The maximum absolute atomic E-state index is 11.7. The Kier molecular flexibility index (Phi) is 2.57. The number of nitrogens with one attached hydrogen (secondary N) is 2. The number of aromatic hydroxyl groups is 2. The van der Waals surface area contributed by atoms with E-state index in [4.69, 9.17) is 10.8 Å². The van der Waals surface area contributed by atoms with Crippen molar-refractivity contribution in [2.45, 2.75) is 0 Å². The van der Waals surface area contributed by atoms with Crippen molar-refractivity contribution in [3.8, 4) is 11.5 Å². The minimum atomic E-state index is -0.557. The molecule has 7 nitrogen and oxygen atoms in total. The molecule has 1 amide bonds. The summed E-state index contributed by atoms with van der Waals surface area (Å²) in [5.74, 6) is -0.749. The molecule has 2 rings (SSSR count). The highest BCUT2D eigenvalue weighted by Crippen LogP contribution is 2.24. The minimum Gasteiger partial charge on any atom is -0.508 e. The van der Waals surface area contributed by atoms with Gasteiger partial charge in [0.25, 0.3) is 5.91 Å². The third-order valence-corrected chi connectivity index (χ3v) is 2.13. The Labute approximate surface area is 95.9 Å². The third kappa shape index (κ3) is 2.12. The number of anilines is 2. The number of H-pyrrole nitrogens is 1. The molecule has 0 aliphatic carbocycles. The number of hydrogen-bond donors (Lipinski definition) is 5. The molecule has 6 N–H and O–H groups in total. The first kappa shape index (κ1) is 10.8. The summed E-state index contributed by atoms with van der Waals surface area (Å²) in [6, 6.07) is 3.67. The zero-order valence-corrected chi connectivity index (χ0v) is 8.64. The van der Waals surface area contributed by atoms with Crippen LogP contribution in [0.1, 0.15) is 10.4 Å². The Bertz CT molecular complexity index is 564. The molecule has 17 heavy (non-hydrogen) atoms. The topological polar surface area (TPSA) is 124 Å². The van der Waals surface area contributed by atoms with Crippen molar-refractivity contribution in [1.29, 1.82) is 0 Å². The van der Waals surface area contributed by atoms with E-state index >= 15 is 0 Å². The first-order valence-electron chi connectivity index (χ1n) is 4.70. The van der Waals surface area contributed by atoms with Crippen molar-refractivity contribution in [3.63, 3.8) is 0 Å². The fraction of sp³-hybridized carbons (Fsp3) is 0. The largest absolute Gasteiger partial charge is 0.508 e. The van der Waals surface area contributed by atoms with Gasteiger partial charge in [0.05, 0.1) is 17.4 Å². The van der Waals surface area contributed by atoms with Crippen LogP contribution in [0.25, 0.3) is 0 Å². The number of carbonyl (C=O) groups is 1. The Morgan fingerprint density at radius 1 is 1.41 bits per heavy atom. The summed E-state index contributed by atoms with van der Waals surface area (Å²) in [4.78, 5) is 11.7. The number of nitrogen functional groups attached to an aromatic ring is 1. The number of benzene rings is 1. The third-order valence-electron chi connectivity index (χ3n) is 2.13. The molecular weight excluding hydrogens is 224 g/mol. The van der Waals surface area contributed by atoms with E-state index in [1.807, 2.05) is 0 Å². The summed E-state index contributed by atoms with van der Waals surface area (Å²) >= 11 is 0. The predicted octanol–water partition coefficient (Wildman–Crippen LogP) is 0.655. The molecule has 0 fully saturated rings. The van der Waals surface area contributed by atoms with Gasteiger partial charge in [0.15, 0.2) is 5.82 Å². The molecule has 0 aliphatic rings. The summed E-state index contributed by atoms with van der Waals surface area (Å²) in [5.41, 5.74) is 5.83. The van der Waals surface area contributed by atoms with Gasteiger partial charge in [0, 0.05) is 6.07 Å². The average molecular weight is 234 g/mol. The van der Waals surface area contributed by atoms with Gasteiger partial charge in [0.1, 0.15) is 11.5 Å². The van der Waals surface area contributed by atoms with Gasteiger partial charge in [0.2, 0.25) is 0 Å². The van der Waals surface area contributed by atoms with E-state index in [1.54, 1.807) is 0 Å². The van der Waals surface area contributed by atoms with Crippen LogP contribution in [0.3, 0.4) is 0 Å². The summed E-state index contributed by atoms with van der Waals surface area (Å²) in [6.45, 7) is 0. The lowest BCUT2D eigenvalue weighted by atomic mass is 10.2. The van der Waals surface area contributed by atoms with Crippen LogP contribution in [-0.2, 0) is 0 Å². The number of nitrogens with zero attached hydrogens (tertiary/aromatic N) is 1. The fourth-order valence-corrected chi connectivity index (χ4v) is 1.29. The smallest absolute Gasteiger partial charge is 0.260 e. The van der Waals surface area contributed by atoms with Gasteiger partial charge in [-0.2, -0.15) is 5.10 Å². The van der Waals surface area contributed by atoms with Crippen LogP contribution in [0.4, 0.5) is 11.5 Å². The summed E-state index contributed by atoms with van der Waals surface area (Å²) in [5, 5.41) is 27.2. The molecular formula is C10H10N4O3. The van der Waals surface area contributed by atoms with Crippen molar-refractivity contribution in [3.05, 3.63) is 30.0 Å². The second-order valence-electron chi connectivity index (χ2n) is 3.36. The van der Waals surface area contributed by atoms with E-state index in [-0.39, 0.29) is 28.6 Å². The summed E-state index contributed by atoms with van der Waals surface area (Å²) in [6.07, 6.45) is 1.35. The molecule has 0 saturated heterocycles. The van der Waals surface area contributed by atoms with E-state index < -0.39 is 5.91 Å². The summed E-state index contributed by atoms with van der Waals surface area (Å²) in [7, 11) is 0. The van der Waals surface area contributed by atoms with Crippen molar-refractivity contribution >= 4 is 17.4 Å². The molecule has 0 unspecified atom stereocenters. The number of nitrogens with two attached hydrogens (primary N) is 1. The van der Waals surface area contributed by atoms with E-state index in [0.717, 1.165) is 6.07 Å². The van der Waals surface area contributed by atoms with Gasteiger partial charge in [-0.05, 0) is 12.1 Å². The lowest BCUT2D eigenvalue weighted by molar-refractivity contribution is 0.102. The summed E-state index contributed by atoms with van der Waals surface area (Å²) < 4.78 is 0. The molecule has 88 valence electrons. The maximum Gasteiger partial charge on any atom is 0.260 e. The highest BCUT2D eigenvalue weighted by atomic mass is 16.3. The molecule has 1 heterocycles. The zero-order valence-electron chi connectivity index (χ0n) is 8.64. The van der Waals surface area contributed by atoms with Crippen molar-refractivity contribution in [2.24, 2.45) is 0 Å². The Morgan fingerprint density at radius 3 is 2.76 bits per heavy atom. The predicted molar refractivity (Wildman–Crippen MR) is 60.7 cm³/mol. The maximum atomic E-state index is 11.7. The Balaban J connectivity index is 2.23. The second-order valence-corrected chi connectivity index (χ2v) is 3.36. The second kappa shape index (κ2) is 4.05. The number of amides is 1. The molecule has 1 aromatic heterocycles. The van der Waals surface area contributed by atoms with E-state index in [2.05, 4.69) is 15.5 Å². The highest BCUT2D eigenvalue weighted by Gasteiger charge is 2.13. The van der Waals surface area contributed by atoms with E-state index in [9.17, 15) is 9.90 Å². The number of aromatic amines is 1. The van der Waals surface area contributed by atoms with Gasteiger partial charge in [-0.3, -0.25) is 9.89 Å². The first-order chi connectivity index (χ1) is 8.08. The lowest BCUT2D eigenvalue weighted by Crippen LogP contribution is -2.13. The molecule has 0 aliphatic heterocycles. The lowest BCUT2D eigenvalue weighted by Gasteiger charge is -2.05. The average Bonchev–Trinajstić information content (AvgIpc) is 2.64. The monoisotopic (exact) mass is 234 g/mol. The van der Waals surface area contributed by atoms with Crippen LogP contribution in [0, 0.1) is 0 Å². The molecule has 0 atom stereocenters. The van der Waals surface area contributed by atoms with Crippen LogP contribution >= 0.6 is 0 Å². The SMILES string of the molecule is Nc1cn[nH]c1NC(=O)c1ccc(O)cc1O. The van der Waals surface area contributed by atoms with Gasteiger partial charge >= 0.3 is 0 Å². The molecule has 7 heteroatoms. The van der Waals surface area contributed by atoms with Gasteiger partial charge < -0.3 is 21.3 Å². The normalized spacial score (nSPS) is 10.1. The quantitative estimate of drug-likeness (QED) is 0.522. The molecule has 1 aromatic carbocycles. The standard InChI is InChI=1S/C10H10N4O3/c11-7-4-12-14-9(7)13-10(17)6-2-1-5(15)3-8(6)16/h1-4,15-16H,11H2,(H2,12,13,14,17). The number of phenolic OH excluding ortho intramolecular Hbond substituents is 2. The molecule has 0 radical (unpaired) electrons. The first-order valence-corrected chi connectivity index (χ1v) is 4.70. The molecule has 0 bridgehead atoms. The number of aromatic nitrogens is 2. The van der Waals surface area contributed by atoms with Crippen LogP contribution < -0.4 is 11.1 Å². The van der Waals surface area contributed by atoms with Crippen molar-refractivity contribution in [1.82, 2.24) is 10.2 Å². The number of rotatable bonds is 2. The van der Waals surface area contributed by atoms with Gasteiger partial charge in [-0.25, -0.2) is 0 Å². The highest BCUT2D eigenvalue weighted by molar-refractivity contribution is 6.06. The minimum absolute atomic E-state index is 0.0248. The van der Waals surface area contributed by atoms with Crippen molar-refractivity contribution < 1.29 is 15.0 Å². The van der Waals surface area contributed by atoms with Crippen molar-refractivity contribution in [2.75, 3.05) is 11.1 Å². The number of hydrogen-bond acceptors (Lipinski definition) is 5. The Morgan fingerprint density at radius 2 is 2.18 bits per heavy atom. The van der Waals surface area contributed by atoms with Crippen LogP contribution in [0.2, 0.25) is 0 Å².